The summed E-state index contributed by atoms with van der Waals surface area (Å²) >= 11 is 0. The molecule has 0 aliphatic heterocycles. The Morgan fingerprint density at radius 1 is 0.939 bits per heavy atom. The molecule has 0 aliphatic rings. The van der Waals surface area contributed by atoms with E-state index < -0.39 is 5.60 Å². The molecule has 170 valence electrons. The molecule has 1 heterocycles. The van der Waals surface area contributed by atoms with E-state index in [1.807, 2.05) is 51.1 Å². The Labute approximate surface area is 196 Å². The first-order valence-electron chi connectivity index (χ1n) is 11.7. The molecule has 4 nitrogen and oxygen atoms in total. The topological polar surface area (TPSA) is 44.1 Å². The van der Waals surface area contributed by atoms with Gasteiger partial charge >= 0.3 is 5.97 Å². The van der Waals surface area contributed by atoms with Crippen molar-refractivity contribution in [3.8, 4) is 11.1 Å². The molecule has 3 aromatic carbocycles. The fourth-order valence-electron chi connectivity index (χ4n) is 4.05. The number of ether oxygens (including phenoxy) is 1. The molecule has 0 amide bonds. The molecule has 0 saturated heterocycles. The van der Waals surface area contributed by atoms with Crippen molar-refractivity contribution in [1.82, 2.24) is 9.55 Å². The van der Waals surface area contributed by atoms with E-state index in [0.717, 1.165) is 48.3 Å². The number of rotatable bonds is 7. The summed E-state index contributed by atoms with van der Waals surface area (Å²) in [5, 5.41) is 0. The number of imidazole rings is 1. The molecule has 0 bridgehead atoms. The molecule has 0 fully saturated rings. The Kier molecular flexibility index (Phi) is 6.64. The maximum Gasteiger partial charge on any atom is 0.339 e. The predicted molar refractivity (Wildman–Crippen MR) is 134 cm³/mol. The average Bonchev–Trinajstić information content (AvgIpc) is 3.14. The van der Waals surface area contributed by atoms with Crippen molar-refractivity contribution in [3.63, 3.8) is 0 Å². The minimum atomic E-state index is -0.531. The number of para-hydroxylation sites is 2. The van der Waals surface area contributed by atoms with Crippen LogP contribution in [0.3, 0.4) is 0 Å². The molecule has 4 heteroatoms. The number of unbranched alkanes of at least 4 members (excludes halogenated alkanes) is 1. The number of esters is 1. The summed E-state index contributed by atoms with van der Waals surface area (Å²) in [6.45, 7) is 8.64. The van der Waals surface area contributed by atoms with Crippen LogP contribution in [0.5, 0.6) is 0 Å². The number of hydrogen-bond donors (Lipinski definition) is 0. The SMILES string of the molecule is CCCCc1nc2ccccc2n1Cc1ccc(-c2ccccc2C(=O)OC(C)(C)C)cc1. The standard InChI is InChI=1S/C29H32N2O2/c1-5-6-15-27-30-25-13-9-10-14-26(25)31(27)20-21-16-18-22(19-17-21)23-11-7-8-12-24(23)28(32)33-29(2,3)4/h7-14,16-19H,5-6,15,20H2,1-4H3. The van der Waals surface area contributed by atoms with Crippen LogP contribution in [-0.4, -0.2) is 21.1 Å². The van der Waals surface area contributed by atoms with Gasteiger partial charge < -0.3 is 9.30 Å². The lowest BCUT2D eigenvalue weighted by Crippen LogP contribution is -2.24. The van der Waals surface area contributed by atoms with E-state index in [9.17, 15) is 4.79 Å². The molecule has 0 radical (unpaired) electrons. The van der Waals surface area contributed by atoms with E-state index in [4.69, 9.17) is 9.72 Å². The van der Waals surface area contributed by atoms with Crippen LogP contribution in [0.1, 0.15) is 62.3 Å². The number of nitrogens with zero attached hydrogens (tertiary/aromatic N) is 2. The maximum atomic E-state index is 12.7. The second-order valence-electron chi connectivity index (χ2n) is 9.45. The van der Waals surface area contributed by atoms with Gasteiger partial charge in [-0.15, -0.1) is 0 Å². The summed E-state index contributed by atoms with van der Waals surface area (Å²) in [6, 6.07) is 24.4. The number of aromatic nitrogens is 2. The van der Waals surface area contributed by atoms with E-state index in [2.05, 4.69) is 54.0 Å². The minimum absolute atomic E-state index is 0.298. The number of hydrogen-bond acceptors (Lipinski definition) is 3. The number of fused-ring (bicyclic) bond motifs is 1. The van der Waals surface area contributed by atoms with Crippen LogP contribution < -0.4 is 0 Å². The largest absolute Gasteiger partial charge is 0.456 e. The second-order valence-corrected chi connectivity index (χ2v) is 9.45. The van der Waals surface area contributed by atoms with Crippen molar-refractivity contribution < 1.29 is 9.53 Å². The average molecular weight is 441 g/mol. The van der Waals surface area contributed by atoms with Crippen LogP contribution in [0.4, 0.5) is 0 Å². The lowest BCUT2D eigenvalue weighted by molar-refractivity contribution is 0.00704. The number of aryl methyl sites for hydroxylation is 1. The van der Waals surface area contributed by atoms with Crippen LogP contribution in [0, 0.1) is 0 Å². The normalized spacial score (nSPS) is 11.6. The quantitative estimate of drug-likeness (QED) is 0.289. The highest BCUT2D eigenvalue weighted by atomic mass is 16.6. The summed E-state index contributed by atoms with van der Waals surface area (Å²) in [5.74, 6) is 0.838. The lowest BCUT2D eigenvalue weighted by Gasteiger charge is -2.20. The van der Waals surface area contributed by atoms with Gasteiger partial charge in [0.1, 0.15) is 11.4 Å². The van der Waals surface area contributed by atoms with Crippen LogP contribution >= 0.6 is 0 Å². The third-order valence-electron chi connectivity index (χ3n) is 5.64. The molecule has 33 heavy (non-hydrogen) atoms. The van der Waals surface area contributed by atoms with Gasteiger partial charge in [0.05, 0.1) is 16.6 Å². The van der Waals surface area contributed by atoms with E-state index in [1.54, 1.807) is 0 Å². The third-order valence-corrected chi connectivity index (χ3v) is 5.64. The molecule has 0 saturated carbocycles. The number of benzene rings is 3. The van der Waals surface area contributed by atoms with E-state index in [0.29, 0.717) is 5.56 Å². The van der Waals surface area contributed by atoms with Gasteiger partial charge in [-0.05, 0) is 62.1 Å². The zero-order chi connectivity index (χ0) is 23.4. The lowest BCUT2D eigenvalue weighted by atomic mass is 9.98. The van der Waals surface area contributed by atoms with Gasteiger partial charge in [0, 0.05) is 13.0 Å². The molecule has 0 atom stereocenters. The van der Waals surface area contributed by atoms with E-state index in [1.165, 1.54) is 11.1 Å². The zero-order valence-corrected chi connectivity index (χ0v) is 20.0. The Hall–Kier alpha value is -3.40. The van der Waals surface area contributed by atoms with E-state index in [-0.39, 0.29) is 5.97 Å². The number of carbonyl (C=O) groups is 1. The van der Waals surface area contributed by atoms with Crippen molar-refractivity contribution in [1.29, 1.82) is 0 Å². The van der Waals surface area contributed by atoms with Crippen LogP contribution in [0.25, 0.3) is 22.2 Å². The van der Waals surface area contributed by atoms with Crippen molar-refractivity contribution >= 4 is 17.0 Å². The molecular formula is C29H32N2O2. The van der Waals surface area contributed by atoms with Gasteiger partial charge in [-0.2, -0.15) is 0 Å². The fourth-order valence-corrected chi connectivity index (χ4v) is 4.05. The molecule has 0 unspecified atom stereocenters. The van der Waals surface area contributed by atoms with Crippen molar-refractivity contribution in [3.05, 3.63) is 89.7 Å². The number of carbonyl (C=O) groups excluding carboxylic acids is 1. The second kappa shape index (κ2) is 9.62. The Bertz CT molecular complexity index is 1250. The highest BCUT2D eigenvalue weighted by Crippen LogP contribution is 2.27. The Morgan fingerprint density at radius 3 is 2.36 bits per heavy atom. The fraction of sp³-hybridized carbons (Fsp3) is 0.310. The first kappa shape index (κ1) is 22.8. The summed E-state index contributed by atoms with van der Waals surface area (Å²) in [6.07, 6.45) is 3.26. The van der Waals surface area contributed by atoms with Crippen LogP contribution in [0.2, 0.25) is 0 Å². The van der Waals surface area contributed by atoms with Crippen molar-refractivity contribution in [2.45, 2.75) is 59.1 Å². The summed E-state index contributed by atoms with van der Waals surface area (Å²) in [7, 11) is 0. The van der Waals surface area contributed by atoms with Crippen molar-refractivity contribution in [2.24, 2.45) is 0 Å². The van der Waals surface area contributed by atoms with Gasteiger partial charge in [0.15, 0.2) is 0 Å². The van der Waals surface area contributed by atoms with Crippen molar-refractivity contribution in [2.75, 3.05) is 0 Å². The first-order valence-corrected chi connectivity index (χ1v) is 11.7. The zero-order valence-electron chi connectivity index (χ0n) is 20.0. The highest BCUT2D eigenvalue weighted by Gasteiger charge is 2.20. The minimum Gasteiger partial charge on any atom is -0.456 e. The predicted octanol–water partition coefficient (Wildman–Crippen LogP) is 7.05. The molecular weight excluding hydrogens is 408 g/mol. The van der Waals surface area contributed by atoms with Crippen LogP contribution in [-0.2, 0) is 17.7 Å². The molecule has 0 N–H and O–H groups in total. The van der Waals surface area contributed by atoms with Crippen LogP contribution in [0.15, 0.2) is 72.8 Å². The molecule has 4 aromatic rings. The summed E-state index contributed by atoms with van der Waals surface area (Å²) in [4.78, 5) is 17.6. The molecule has 4 rings (SSSR count). The van der Waals surface area contributed by atoms with E-state index >= 15 is 0 Å². The van der Waals surface area contributed by atoms with Gasteiger partial charge in [0.25, 0.3) is 0 Å². The first-order chi connectivity index (χ1) is 15.9. The van der Waals surface area contributed by atoms with Gasteiger partial charge in [-0.25, -0.2) is 9.78 Å². The summed E-state index contributed by atoms with van der Waals surface area (Å²) < 4.78 is 7.94. The Morgan fingerprint density at radius 2 is 1.64 bits per heavy atom. The highest BCUT2D eigenvalue weighted by molar-refractivity contribution is 5.97. The smallest absolute Gasteiger partial charge is 0.339 e. The monoisotopic (exact) mass is 440 g/mol. The van der Waals surface area contributed by atoms with Gasteiger partial charge in [0.2, 0.25) is 0 Å². The van der Waals surface area contributed by atoms with Gasteiger partial charge in [-0.1, -0.05) is 67.9 Å². The third kappa shape index (κ3) is 5.33. The summed E-state index contributed by atoms with van der Waals surface area (Å²) in [5.41, 5.74) is 5.36. The Balaban J connectivity index is 1.62. The maximum absolute atomic E-state index is 12.7. The molecule has 1 aromatic heterocycles. The van der Waals surface area contributed by atoms with Gasteiger partial charge in [-0.3, -0.25) is 0 Å². The molecule has 0 aliphatic carbocycles. The molecule has 0 spiro atoms.